The minimum absolute atomic E-state index is 0. The van der Waals surface area contributed by atoms with E-state index in [-0.39, 0.29) is 24.4 Å². The topological polar surface area (TPSA) is 46.3 Å². The Labute approximate surface area is 140 Å². The third-order valence-electron chi connectivity index (χ3n) is 4.36. The molecule has 22 heavy (non-hydrogen) atoms. The molecule has 1 aromatic rings. The number of amides is 1. The smallest absolute Gasteiger partial charge is 0.222 e. The van der Waals surface area contributed by atoms with Crippen molar-refractivity contribution in [2.75, 3.05) is 6.54 Å². The van der Waals surface area contributed by atoms with E-state index in [9.17, 15) is 4.79 Å². The van der Waals surface area contributed by atoms with Gasteiger partial charge in [-0.1, -0.05) is 31.2 Å². The number of hydrogen-bond donors (Lipinski definition) is 1. The molecule has 0 saturated heterocycles. The van der Waals surface area contributed by atoms with Crippen molar-refractivity contribution in [3.8, 4) is 0 Å². The maximum atomic E-state index is 12.5. The lowest BCUT2D eigenvalue weighted by atomic mass is 9.87. The molecule has 124 valence electrons. The second kappa shape index (κ2) is 9.16. The van der Waals surface area contributed by atoms with E-state index < -0.39 is 0 Å². The van der Waals surface area contributed by atoms with Crippen LogP contribution < -0.4 is 5.73 Å². The van der Waals surface area contributed by atoms with Gasteiger partial charge >= 0.3 is 0 Å². The number of halogens is 1. The highest BCUT2D eigenvalue weighted by atomic mass is 35.5. The van der Waals surface area contributed by atoms with Gasteiger partial charge in [-0.2, -0.15) is 0 Å². The molecule has 1 amide bonds. The number of carbonyl (C=O) groups excluding carboxylic acids is 1. The van der Waals surface area contributed by atoms with Crippen LogP contribution in [-0.4, -0.2) is 29.4 Å². The Balaban J connectivity index is 0.00000242. The number of rotatable bonds is 6. The Bertz CT molecular complexity index is 476. The fraction of sp³-hybridized carbons (Fsp3) is 0.611. The molecular formula is C18H29ClN2O. The van der Waals surface area contributed by atoms with E-state index >= 15 is 0 Å². The predicted molar refractivity (Wildman–Crippen MR) is 94.4 cm³/mol. The summed E-state index contributed by atoms with van der Waals surface area (Å²) in [5.74, 6) is 0.276. The van der Waals surface area contributed by atoms with Crippen LogP contribution in [0.15, 0.2) is 24.3 Å². The monoisotopic (exact) mass is 324 g/mol. The first kappa shape index (κ1) is 19.0. The maximum Gasteiger partial charge on any atom is 0.222 e. The standard InChI is InChI=1S/C18H28N2O.ClH/c1-3-12-20(18(21)11-8-14(2)19)17-10-9-15-6-4-5-7-16(15)13-17;/h4-7,14,17H,3,8-13,19H2,1-2H3;1H. The summed E-state index contributed by atoms with van der Waals surface area (Å²) in [5, 5.41) is 0. The fourth-order valence-corrected chi connectivity index (χ4v) is 3.19. The van der Waals surface area contributed by atoms with Crippen molar-refractivity contribution in [2.45, 2.75) is 64.5 Å². The van der Waals surface area contributed by atoms with Crippen LogP contribution in [0.1, 0.15) is 50.7 Å². The number of benzene rings is 1. The first-order valence-electron chi connectivity index (χ1n) is 8.23. The molecule has 2 rings (SSSR count). The molecule has 0 saturated carbocycles. The van der Waals surface area contributed by atoms with Gasteiger partial charge in [0.2, 0.25) is 5.91 Å². The van der Waals surface area contributed by atoms with Gasteiger partial charge in [0, 0.05) is 25.0 Å². The van der Waals surface area contributed by atoms with Crippen molar-refractivity contribution in [2.24, 2.45) is 5.73 Å². The quantitative estimate of drug-likeness (QED) is 0.872. The first-order chi connectivity index (χ1) is 10.1. The van der Waals surface area contributed by atoms with Crippen LogP contribution in [0.5, 0.6) is 0 Å². The molecule has 3 nitrogen and oxygen atoms in total. The van der Waals surface area contributed by atoms with Crippen LogP contribution in [0.3, 0.4) is 0 Å². The molecular weight excluding hydrogens is 296 g/mol. The minimum Gasteiger partial charge on any atom is -0.339 e. The molecule has 4 heteroatoms. The summed E-state index contributed by atoms with van der Waals surface area (Å²) >= 11 is 0. The van der Waals surface area contributed by atoms with E-state index in [0.29, 0.717) is 12.5 Å². The van der Waals surface area contributed by atoms with Gasteiger partial charge in [0.15, 0.2) is 0 Å². The minimum atomic E-state index is 0. The molecule has 2 atom stereocenters. The molecule has 1 aliphatic rings. The zero-order chi connectivity index (χ0) is 15.2. The summed E-state index contributed by atoms with van der Waals surface area (Å²) in [6.45, 7) is 4.97. The maximum absolute atomic E-state index is 12.5. The molecule has 0 fully saturated rings. The van der Waals surface area contributed by atoms with Gasteiger partial charge in [-0.15, -0.1) is 12.4 Å². The van der Waals surface area contributed by atoms with Gasteiger partial charge in [-0.25, -0.2) is 0 Å². The third kappa shape index (κ3) is 4.99. The van der Waals surface area contributed by atoms with E-state index in [1.165, 1.54) is 11.1 Å². The Kier molecular flexibility index (Phi) is 7.91. The highest BCUT2D eigenvalue weighted by Crippen LogP contribution is 2.25. The summed E-state index contributed by atoms with van der Waals surface area (Å²) in [4.78, 5) is 14.6. The van der Waals surface area contributed by atoms with Gasteiger partial charge in [0.25, 0.3) is 0 Å². The summed E-state index contributed by atoms with van der Waals surface area (Å²) in [7, 11) is 0. The van der Waals surface area contributed by atoms with Crippen LogP contribution in [0.2, 0.25) is 0 Å². The molecule has 0 heterocycles. The number of carbonyl (C=O) groups is 1. The van der Waals surface area contributed by atoms with Crippen molar-refractivity contribution in [1.29, 1.82) is 0 Å². The average Bonchev–Trinajstić information content (AvgIpc) is 2.49. The second-order valence-corrected chi connectivity index (χ2v) is 6.27. The molecule has 2 unspecified atom stereocenters. The van der Waals surface area contributed by atoms with Gasteiger partial charge in [0.05, 0.1) is 0 Å². The number of fused-ring (bicyclic) bond motifs is 1. The molecule has 0 radical (unpaired) electrons. The number of hydrogen-bond acceptors (Lipinski definition) is 2. The SMILES string of the molecule is CCCN(C(=O)CCC(C)N)C1CCc2ccccc2C1.Cl. The lowest BCUT2D eigenvalue weighted by Gasteiger charge is -2.35. The normalized spacial score (nSPS) is 18.0. The average molecular weight is 325 g/mol. The lowest BCUT2D eigenvalue weighted by molar-refractivity contribution is -0.134. The van der Waals surface area contributed by atoms with E-state index in [0.717, 1.165) is 38.6 Å². The summed E-state index contributed by atoms with van der Waals surface area (Å²) in [5.41, 5.74) is 8.65. The van der Waals surface area contributed by atoms with Crippen LogP contribution in [0.4, 0.5) is 0 Å². The van der Waals surface area contributed by atoms with Crippen LogP contribution in [-0.2, 0) is 17.6 Å². The van der Waals surface area contributed by atoms with Crippen LogP contribution >= 0.6 is 12.4 Å². The Morgan fingerprint density at radius 2 is 2.05 bits per heavy atom. The van der Waals surface area contributed by atoms with Crippen molar-refractivity contribution >= 4 is 18.3 Å². The van der Waals surface area contributed by atoms with Crippen molar-refractivity contribution in [1.82, 2.24) is 4.90 Å². The number of aryl methyl sites for hydroxylation is 1. The lowest BCUT2D eigenvalue weighted by Crippen LogP contribution is -2.44. The van der Waals surface area contributed by atoms with E-state index in [4.69, 9.17) is 5.73 Å². The molecule has 1 aliphatic carbocycles. The first-order valence-corrected chi connectivity index (χ1v) is 8.23. The fourth-order valence-electron chi connectivity index (χ4n) is 3.19. The molecule has 0 spiro atoms. The Hall–Kier alpha value is -1.06. The predicted octanol–water partition coefficient (Wildman–Crippen LogP) is 3.33. The molecule has 0 aliphatic heterocycles. The summed E-state index contributed by atoms with van der Waals surface area (Å²) in [6, 6.07) is 9.09. The van der Waals surface area contributed by atoms with Gasteiger partial charge in [-0.05, 0) is 50.2 Å². The van der Waals surface area contributed by atoms with Crippen molar-refractivity contribution in [3.05, 3.63) is 35.4 Å². The van der Waals surface area contributed by atoms with E-state index in [2.05, 4.69) is 36.1 Å². The van der Waals surface area contributed by atoms with Crippen LogP contribution in [0.25, 0.3) is 0 Å². The number of nitrogens with zero attached hydrogens (tertiary/aromatic N) is 1. The summed E-state index contributed by atoms with van der Waals surface area (Å²) in [6.07, 6.45) is 5.54. The van der Waals surface area contributed by atoms with E-state index in [1.54, 1.807) is 0 Å². The zero-order valence-corrected chi connectivity index (χ0v) is 14.6. The highest BCUT2D eigenvalue weighted by molar-refractivity contribution is 5.85. The molecule has 1 aromatic carbocycles. The van der Waals surface area contributed by atoms with Crippen molar-refractivity contribution < 1.29 is 4.79 Å². The second-order valence-electron chi connectivity index (χ2n) is 6.27. The Morgan fingerprint density at radius 1 is 1.36 bits per heavy atom. The van der Waals surface area contributed by atoms with Crippen molar-refractivity contribution in [3.63, 3.8) is 0 Å². The zero-order valence-electron chi connectivity index (χ0n) is 13.8. The molecule has 0 aromatic heterocycles. The van der Waals surface area contributed by atoms with Gasteiger partial charge < -0.3 is 10.6 Å². The third-order valence-corrected chi connectivity index (χ3v) is 4.36. The summed E-state index contributed by atoms with van der Waals surface area (Å²) < 4.78 is 0. The largest absolute Gasteiger partial charge is 0.339 e. The Morgan fingerprint density at radius 3 is 2.68 bits per heavy atom. The van der Waals surface area contributed by atoms with E-state index in [1.807, 2.05) is 6.92 Å². The van der Waals surface area contributed by atoms with Crippen LogP contribution in [0, 0.1) is 0 Å². The van der Waals surface area contributed by atoms with Gasteiger partial charge in [-0.3, -0.25) is 4.79 Å². The highest BCUT2D eigenvalue weighted by Gasteiger charge is 2.26. The number of nitrogens with two attached hydrogens (primary N) is 1. The van der Waals surface area contributed by atoms with Gasteiger partial charge in [0.1, 0.15) is 0 Å². The molecule has 2 N–H and O–H groups in total. The molecule has 0 bridgehead atoms.